The highest BCUT2D eigenvalue weighted by atomic mass is 14.5. The van der Waals surface area contributed by atoms with Crippen LogP contribution in [0.15, 0.2) is 60.7 Å². The molecule has 0 saturated heterocycles. The van der Waals surface area contributed by atoms with Crippen molar-refractivity contribution in [3.63, 3.8) is 0 Å². The lowest BCUT2D eigenvalue weighted by Gasteiger charge is -2.48. The first kappa shape index (κ1) is 14.4. The molecule has 0 N–H and O–H groups in total. The second-order valence-corrected chi connectivity index (χ2v) is 7.67. The number of rotatable bonds is 2. The van der Waals surface area contributed by atoms with Crippen molar-refractivity contribution >= 4 is 0 Å². The van der Waals surface area contributed by atoms with Crippen LogP contribution in [0.3, 0.4) is 0 Å². The topological polar surface area (TPSA) is 0 Å². The Kier molecular flexibility index (Phi) is 3.65. The van der Waals surface area contributed by atoms with Crippen molar-refractivity contribution in [2.45, 2.75) is 45.4 Å². The van der Waals surface area contributed by atoms with Gasteiger partial charge in [0, 0.05) is 5.41 Å². The van der Waals surface area contributed by atoms with Gasteiger partial charge in [-0.3, -0.25) is 0 Å². The Hall–Kier alpha value is -1.56. The number of hydrogen-bond acceptors (Lipinski definition) is 0. The fraction of sp³-hybridized carbons (Fsp3) is 0.429. The minimum Gasteiger partial charge on any atom is -0.0624 e. The normalized spacial score (nSPS) is 23.7. The molecule has 2 aromatic rings. The van der Waals surface area contributed by atoms with E-state index in [0.717, 1.165) is 5.92 Å². The predicted octanol–water partition coefficient (Wildman–Crippen LogP) is 5.82. The fourth-order valence-electron chi connectivity index (χ4n) is 4.69. The van der Waals surface area contributed by atoms with Gasteiger partial charge in [-0.15, -0.1) is 0 Å². The van der Waals surface area contributed by atoms with Crippen LogP contribution in [0.25, 0.3) is 0 Å². The molecule has 1 fully saturated rings. The maximum atomic E-state index is 2.43. The zero-order chi connectivity index (χ0) is 14.9. The third-order valence-corrected chi connectivity index (χ3v) is 5.03. The summed E-state index contributed by atoms with van der Waals surface area (Å²) in [5.74, 6) is 0.758. The van der Waals surface area contributed by atoms with E-state index in [1.165, 1.54) is 30.4 Å². The second-order valence-electron chi connectivity index (χ2n) is 7.67. The van der Waals surface area contributed by atoms with Crippen molar-refractivity contribution in [2.24, 2.45) is 11.3 Å². The Morgan fingerprint density at radius 3 is 1.67 bits per heavy atom. The Morgan fingerprint density at radius 1 is 0.762 bits per heavy atom. The van der Waals surface area contributed by atoms with E-state index >= 15 is 0 Å². The minimum atomic E-state index is 0.170. The Labute approximate surface area is 129 Å². The third-order valence-electron chi connectivity index (χ3n) is 5.03. The summed E-state index contributed by atoms with van der Waals surface area (Å²) in [6, 6.07) is 22.3. The number of benzene rings is 2. The molecular formula is C21H26. The summed E-state index contributed by atoms with van der Waals surface area (Å²) in [6.07, 6.45) is 3.82. The van der Waals surface area contributed by atoms with Gasteiger partial charge in [0.1, 0.15) is 0 Å². The van der Waals surface area contributed by atoms with Gasteiger partial charge < -0.3 is 0 Å². The van der Waals surface area contributed by atoms with Crippen LogP contribution in [0.2, 0.25) is 0 Å². The smallest absolute Gasteiger partial charge is 0.0210 e. The summed E-state index contributed by atoms with van der Waals surface area (Å²) in [5, 5.41) is 0. The van der Waals surface area contributed by atoms with E-state index in [1.807, 2.05) is 0 Å². The monoisotopic (exact) mass is 278 g/mol. The van der Waals surface area contributed by atoms with Gasteiger partial charge >= 0.3 is 0 Å². The molecule has 0 aliphatic heterocycles. The highest BCUT2D eigenvalue weighted by molar-refractivity contribution is 5.40. The molecule has 1 saturated carbocycles. The highest BCUT2D eigenvalue weighted by Crippen LogP contribution is 2.53. The van der Waals surface area contributed by atoms with Gasteiger partial charge in [0.15, 0.2) is 0 Å². The summed E-state index contributed by atoms with van der Waals surface area (Å²) in [5.41, 5.74) is 3.53. The maximum Gasteiger partial charge on any atom is 0.0210 e. The standard InChI is InChI=1S/C21H26/c1-17-14-20(2,3)16-21(15-17,18-10-6-4-7-11-18)19-12-8-5-9-13-19/h4-13,17H,14-16H2,1-3H3. The summed E-state index contributed by atoms with van der Waals surface area (Å²) < 4.78 is 0. The molecule has 0 heterocycles. The molecule has 0 nitrogen and oxygen atoms in total. The van der Waals surface area contributed by atoms with E-state index in [2.05, 4.69) is 81.4 Å². The molecule has 3 rings (SSSR count). The van der Waals surface area contributed by atoms with Gasteiger partial charge in [-0.25, -0.2) is 0 Å². The van der Waals surface area contributed by atoms with Crippen LogP contribution in [-0.2, 0) is 5.41 Å². The first-order valence-corrected chi connectivity index (χ1v) is 8.13. The predicted molar refractivity (Wildman–Crippen MR) is 90.5 cm³/mol. The van der Waals surface area contributed by atoms with Crippen molar-refractivity contribution in [2.75, 3.05) is 0 Å². The van der Waals surface area contributed by atoms with Crippen LogP contribution >= 0.6 is 0 Å². The molecule has 1 aliphatic rings. The lowest BCUT2D eigenvalue weighted by Crippen LogP contribution is -2.41. The summed E-state index contributed by atoms with van der Waals surface area (Å²) in [7, 11) is 0. The Bertz CT molecular complexity index is 540. The lowest BCUT2D eigenvalue weighted by atomic mass is 9.55. The summed E-state index contributed by atoms with van der Waals surface area (Å²) >= 11 is 0. The van der Waals surface area contributed by atoms with Crippen LogP contribution in [0.1, 0.15) is 51.2 Å². The molecule has 110 valence electrons. The zero-order valence-corrected chi connectivity index (χ0v) is 13.5. The molecule has 0 spiro atoms. The van der Waals surface area contributed by atoms with Gasteiger partial charge in [-0.05, 0) is 41.7 Å². The van der Waals surface area contributed by atoms with E-state index in [0.29, 0.717) is 5.41 Å². The SMILES string of the molecule is CC1CC(C)(C)CC(c2ccccc2)(c2ccccc2)C1. The van der Waals surface area contributed by atoms with E-state index in [9.17, 15) is 0 Å². The molecule has 1 atom stereocenters. The highest BCUT2D eigenvalue weighted by Gasteiger charge is 2.44. The largest absolute Gasteiger partial charge is 0.0624 e. The van der Waals surface area contributed by atoms with E-state index < -0.39 is 0 Å². The van der Waals surface area contributed by atoms with Crippen molar-refractivity contribution in [1.82, 2.24) is 0 Å². The Balaban J connectivity index is 2.16. The molecule has 0 amide bonds. The van der Waals surface area contributed by atoms with Crippen LogP contribution in [-0.4, -0.2) is 0 Å². The third kappa shape index (κ3) is 2.77. The van der Waals surface area contributed by atoms with Gasteiger partial charge in [0.2, 0.25) is 0 Å². The lowest BCUT2D eigenvalue weighted by molar-refractivity contribution is 0.127. The molecule has 21 heavy (non-hydrogen) atoms. The van der Waals surface area contributed by atoms with Crippen LogP contribution in [0, 0.1) is 11.3 Å². The molecule has 0 radical (unpaired) electrons. The second kappa shape index (κ2) is 5.33. The molecule has 0 aromatic heterocycles. The van der Waals surface area contributed by atoms with Crippen molar-refractivity contribution in [3.8, 4) is 0 Å². The molecule has 0 bridgehead atoms. The fourth-order valence-corrected chi connectivity index (χ4v) is 4.69. The first-order valence-electron chi connectivity index (χ1n) is 8.13. The average Bonchev–Trinajstić information content (AvgIpc) is 2.47. The van der Waals surface area contributed by atoms with E-state index in [-0.39, 0.29) is 5.41 Å². The van der Waals surface area contributed by atoms with Crippen LogP contribution in [0.4, 0.5) is 0 Å². The molecular weight excluding hydrogens is 252 g/mol. The molecule has 1 unspecified atom stereocenters. The van der Waals surface area contributed by atoms with E-state index in [1.54, 1.807) is 0 Å². The maximum absolute atomic E-state index is 2.43. The quantitative estimate of drug-likeness (QED) is 0.649. The number of hydrogen-bond donors (Lipinski definition) is 0. The Morgan fingerprint density at radius 2 is 1.24 bits per heavy atom. The van der Waals surface area contributed by atoms with E-state index in [4.69, 9.17) is 0 Å². The van der Waals surface area contributed by atoms with Gasteiger partial charge in [0.05, 0.1) is 0 Å². The molecule has 0 heteroatoms. The average molecular weight is 278 g/mol. The zero-order valence-electron chi connectivity index (χ0n) is 13.5. The van der Waals surface area contributed by atoms with Gasteiger partial charge in [-0.1, -0.05) is 81.4 Å². The van der Waals surface area contributed by atoms with Crippen molar-refractivity contribution < 1.29 is 0 Å². The van der Waals surface area contributed by atoms with Crippen molar-refractivity contribution in [1.29, 1.82) is 0 Å². The van der Waals surface area contributed by atoms with Crippen LogP contribution < -0.4 is 0 Å². The van der Waals surface area contributed by atoms with Gasteiger partial charge in [0.25, 0.3) is 0 Å². The van der Waals surface area contributed by atoms with Gasteiger partial charge in [-0.2, -0.15) is 0 Å². The minimum absolute atomic E-state index is 0.170. The molecule has 2 aromatic carbocycles. The summed E-state index contributed by atoms with van der Waals surface area (Å²) in [6.45, 7) is 7.29. The summed E-state index contributed by atoms with van der Waals surface area (Å²) in [4.78, 5) is 0. The van der Waals surface area contributed by atoms with Crippen molar-refractivity contribution in [3.05, 3.63) is 71.8 Å². The first-order chi connectivity index (χ1) is 10.0. The molecule has 1 aliphatic carbocycles. The van der Waals surface area contributed by atoms with Crippen LogP contribution in [0.5, 0.6) is 0 Å².